The molecule has 0 aromatic heterocycles. The van der Waals surface area contributed by atoms with Crippen LogP contribution in [0, 0.1) is 0 Å². The zero-order valence-electron chi connectivity index (χ0n) is 13.6. The van der Waals surface area contributed by atoms with E-state index in [4.69, 9.17) is 11.6 Å². The van der Waals surface area contributed by atoms with Crippen molar-refractivity contribution in [2.75, 3.05) is 0 Å². The number of carbonyl (C=O) groups excluding carboxylic acids is 1. The van der Waals surface area contributed by atoms with Gasteiger partial charge in [-0.3, -0.25) is 4.79 Å². The Morgan fingerprint density at radius 1 is 1.13 bits per heavy atom. The Morgan fingerprint density at radius 3 is 2.39 bits per heavy atom. The van der Waals surface area contributed by atoms with Gasteiger partial charge in [-0.05, 0) is 47.7 Å². The lowest BCUT2D eigenvalue weighted by Crippen LogP contribution is -2.20. The second kappa shape index (κ2) is 7.93. The predicted molar refractivity (Wildman–Crippen MR) is 96.3 cm³/mol. The number of halogens is 1. The lowest BCUT2D eigenvalue weighted by molar-refractivity contribution is 0.0955. The number of hydrazone groups is 1. The zero-order chi connectivity index (χ0) is 16.8. The summed E-state index contributed by atoms with van der Waals surface area (Å²) >= 11 is 6.00. The van der Waals surface area contributed by atoms with Crippen LogP contribution in [0.4, 0.5) is 0 Å². The SMILES string of the molecule is CCC(=NNC(=O)c1ccc(C(C)C)cc1)c1cccc(Cl)c1. The third-order valence-corrected chi connectivity index (χ3v) is 3.86. The van der Waals surface area contributed by atoms with Crippen molar-refractivity contribution >= 4 is 23.2 Å². The fourth-order valence-electron chi connectivity index (χ4n) is 2.22. The van der Waals surface area contributed by atoms with Crippen LogP contribution in [0.3, 0.4) is 0 Å². The van der Waals surface area contributed by atoms with Crippen LogP contribution in [-0.2, 0) is 0 Å². The van der Waals surface area contributed by atoms with Gasteiger partial charge in [0, 0.05) is 10.6 Å². The van der Waals surface area contributed by atoms with E-state index in [0.29, 0.717) is 22.9 Å². The van der Waals surface area contributed by atoms with Crippen molar-refractivity contribution in [3.63, 3.8) is 0 Å². The summed E-state index contributed by atoms with van der Waals surface area (Å²) in [7, 11) is 0. The number of benzene rings is 2. The maximum absolute atomic E-state index is 12.2. The first-order chi connectivity index (χ1) is 11.0. The monoisotopic (exact) mass is 328 g/mol. The van der Waals surface area contributed by atoms with Gasteiger partial charge in [-0.2, -0.15) is 5.10 Å². The molecule has 1 amide bonds. The maximum Gasteiger partial charge on any atom is 0.271 e. The summed E-state index contributed by atoms with van der Waals surface area (Å²) < 4.78 is 0. The van der Waals surface area contributed by atoms with Gasteiger partial charge in [-0.1, -0.05) is 56.6 Å². The number of hydrogen-bond donors (Lipinski definition) is 1. The third kappa shape index (κ3) is 4.67. The summed E-state index contributed by atoms with van der Waals surface area (Å²) in [5.41, 5.74) is 6.13. The number of carbonyl (C=O) groups is 1. The molecule has 2 aromatic rings. The van der Waals surface area contributed by atoms with E-state index in [1.54, 1.807) is 0 Å². The molecule has 0 aliphatic carbocycles. The van der Waals surface area contributed by atoms with E-state index in [0.717, 1.165) is 11.3 Å². The lowest BCUT2D eigenvalue weighted by atomic mass is 10.0. The topological polar surface area (TPSA) is 41.5 Å². The van der Waals surface area contributed by atoms with Gasteiger partial charge in [0.05, 0.1) is 5.71 Å². The molecule has 0 aliphatic rings. The van der Waals surface area contributed by atoms with E-state index in [9.17, 15) is 4.79 Å². The predicted octanol–water partition coefficient (Wildman–Crippen LogP) is 5.01. The van der Waals surface area contributed by atoms with Crippen molar-refractivity contribution in [2.45, 2.75) is 33.1 Å². The molecule has 0 radical (unpaired) electrons. The maximum atomic E-state index is 12.2. The minimum absolute atomic E-state index is 0.215. The number of nitrogens with zero attached hydrogens (tertiary/aromatic N) is 1. The van der Waals surface area contributed by atoms with Crippen LogP contribution in [0.2, 0.25) is 5.02 Å². The van der Waals surface area contributed by atoms with Crippen molar-refractivity contribution in [3.05, 3.63) is 70.2 Å². The van der Waals surface area contributed by atoms with Gasteiger partial charge in [-0.15, -0.1) is 0 Å². The summed E-state index contributed by atoms with van der Waals surface area (Å²) in [6, 6.07) is 15.0. The molecule has 120 valence electrons. The molecule has 0 aliphatic heterocycles. The van der Waals surface area contributed by atoms with Crippen LogP contribution in [0.5, 0.6) is 0 Å². The Balaban J connectivity index is 2.12. The van der Waals surface area contributed by atoms with Gasteiger partial charge in [0.25, 0.3) is 5.91 Å². The van der Waals surface area contributed by atoms with Crippen molar-refractivity contribution in [2.24, 2.45) is 5.10 Å². The minimum Gasteiger partial charge on any atom is -0.267 e. The second-order valence-electron chi connectivity index (χ2n) is 5.64. The standard InChI is InChI=1S/C19H21ClN2O/c1-4-18(16-6-5-7-17(20)12-16)21-22-19(23)15-10-8-14(9-11-15)13(2)3/h5-13H,4H2,1-3H3,(H,22,23). The van der Waals surface area contributed by atoms with Crippen LogP contribution in [0.1, 0.15) is 54.6 Å². The molecule has 0 atom stereocenters. The first-order valence-corrected chi connectivity index (χ1v) is 8.12. The largest absolute Gasteiger partial charge is 0.271 e. The van der Waals surface area contributed by atoms with E-state index < -0.39 is 0 Å². The van der Waals surface area contributed by atoms with Crippen LogP contribution in [0.15, 0.2) is 53.6 Å². The van der Waals surface area contributed by atoms with Gasteiger partial charge < -0.3 is 0 Å². The molecule has 0 fully saturated rings. The molecule has 2 rings (SSSR count). The molecule has 0 saturated heterocycles. The molecule has 0 spiro atoms. The van der Waals surface area contributed by atoms with Crippen molar-refractivity contribution in [1.29, 1.82) is 0 Å². The average Bonchev–Trinajstić information content (AvgIpc) is 2.55. The highest BCUT2D eigenvalue weighted by molar-refractivity contribution is 6.31. The molecular weight excluding hydrogens is 308 g/mol. The highest BCUT2D eigenvalue weighted by atomic mass is 35.5. The highest BCUT2D eigenvalue weighted by Gasteiger charge is 2.07. The van der Waals surface area contributed by atoms with Gasteiger partial charge in [0.2, 0.25) is 0 Å². The van der Waals surface area contributed by atoms with Crippen LogP contribution in [-0.4, -0.2) is 11.6 Å². The summed E-state index contributed by atoms with van der Waals surface area (Å²) in [4.78, 5) is 12.2. The van der Waals surface area contributed by atoms with E-state index in [1.807, 2.05) is 55.5 Å². The lowest BCUT2D eigenvalue weighted by Gasteiger charge is -2.07. The number of amides is 1. The van der Waals surface area contributed by atoms with Crippen LogP contribution >= 0.6 is 11.6 Å². The van der Waals surface area contributed by atoms with Crippen LogP contribution in [0.25, 0.3) is 0 Å². The summed E-state index contributed by atoms with van der Waals surface area (Å²) in [5, 5.41) is 4.90. The Morgan fingerprint density at radius 2 is 1.83 bits per heavy atom. The first kappa shape index (κ1) is 17.2. The molecule has 2 aromatic carbocycles. The van der Waals surface area contributed by atoms with E-state index in [-0.39, 0.29) is 5.91 Å². The van der Waals surface area contributed by atoms with Gasteiger partial charge in [0.15, 0.2) is 0 Å². The molecule has 3 nitrogen and oxygen atoms in total. The molecule has 4 heteroatoms. The molecule has 0 saturated carbocycles. The van der Waals surface area contributed by atoms with Crippen molar-refractivity contribution in [3.8, 4) is 0 Å². The Hall–Kier alpha value is -2.13. The molecule has 0 unspecified atom stereocenters. The molecule has 0 bridgehead atoms. The van der Waals surface area contributed by atoms with Crippen LogP contribution < -0.4 is 5.43 Å². The first-order valence-electron chi connectivity index (χ1n) is 7.74. The number of hydrogen-bond acceptors (Lipinski definition) is 2. The number of rotatable bonds is 5. The Kier molecular flexibility index (Phi) is 5.94. The highest BCUT2D eigenvalue weighted by Crippen LogP contribution is 2.15. The number of nitrogens with one attached hydrogen (secondary N) is 1. The van der Waals surface area contributed by atoms with Gasteiger partial charge in [0.1, 0.15) is 0 Å². The molecular formula is C19H21ClN2O. The van der Waals surface area contributed by atoms with E-state index in [1.165, 1.54) is 5.56 Å². The average molecular weight is 329 g/mol. The smallest absolute Gasteiger partial charge is 0.267 e. The van der Waals surface area contributed by atoms with E-state index >= 15 is 0 Å². The summed E-state index contributed by atoms with van der Waals surface area (Å²) in [6.45, 7) is 6.24. The summed E-state index contributed by atoms with van der Waals surface area (Å²) in [6.07, 6.45) is 0.701. The Labute approximate surface area is 142 Å². The quantitative estimate of drug-likeness (QED) is 0.608. The minimum atomic E-state index is -0.215. The van der Waals surface area contributed by atoms with Gasteiger partial charge in [-0.25, -0.2) is 5.43 Å². The van der Waals surface area contributed by atoms with Crippen molar-refractivity contribution in [1.82, 2.24) is 5.43 Å². The molecule has 23 heavy (non-hydrogen) atoms. The third-order valence-electron chi connectivity index (χ3n) is 3.62. The normalized spacial score (nSPS) is 11.6. The fourth-order valence-corrected chi connectivity index (χ4v) is 2.41. The molecule has 1 N–H and O–H groups in total. The molecule has 0 heterocycles. The fraction of sp³-hybridized carbons (Fsp3) is 0.263. The summed E-state index contributed by atoms with van der Waals surface area (Å²) in [5.74, 6) is 0.230. The second-order valence-corrected chi connectivity index (χ2v) is 6.08. The zero-order valence-corrected chi connectivity index (χ0v) is 14.4. The van der Waals surface area contributed by atoms with Crippen molar-refractivity contribution < 1.29 is 4.79 Å². The Bertz CT molecular complexity index is 706. The van der Waals surface area contributed by atoms with Gasteiger partial charge >= 0.3 is 0 Å². The van der Waals surface area contributed by atoms with E-state index in [2.05, 4.69) is 24.4 Å².